The van der Waals surface area contributed by atoms with Gasteiger partial charge in [-0.05, 0) is 72.7 Å². The zero-order valence-electron chi connectivity index (χ0n) is 14.4. The standard InChI is InChI=1S/C20H30O3/c1-18(12-22)6-3-7-19(2)15-5-4-13-9-20(15,10-14(13)11-21)17(23)8-16(18)19/h10-11,13,15-17,22-23H,3-9,12H2,1-2H3/t13-,15+,16-,17+,18-,19+,20+/m1/s1. The molecule has 0 aromatic carbocycles. The van der Waals surface area contributed by atoms with E-state index in [0.717, 1.165) is 44.0 Å². The molecule has 0 amide bonds. The van der Waals surface area contributed by atoms with Gasteiger partial charge in [-0.1, -0.05) is 26.3 Å². The molecule has 4 aliphatic rings. The summed E-state index contributed by atoms with van der Waals surface area (Å²) < 4.78 is 0. The van der Waals surface area contributed by atoms with Crippen molar-refractivity contribution in [1.29, 1.82) is 0 Å². The number of rotatable bonds is 2. The Bertz CT molecular complexity index is 555. The van der Waals surface area contributed by atoms with Crippen LogP contribution in [-0.2, 0) is 4.79 Å². The van der Waals surface area contributed by atoms with Gasteiger partial charge < -0.3 is 10.2 Å². The maximum Gasteiger partial charge on any atom is 0.146 e. The average molecular weight is 318 g/mol. The van der Waals surface area contributed by atoms with Gasteiger partial charge >= 0.3 is 0 Å². The van der Waals surface area contributed by atoms with Crippen LogP contribution in [0.15, 0.2) is 11.6 Å². The Morgan fingerprint density at radius 1 is 1.26 bits per heavy atom. The summed E-state index contributed by atoms with van der Waals surface area (Å²) in [4.78, 5) is 11.5. The lowest BCUT2D eigenvalue weighted by atomic mass is 9.40. The molecule has 1 spiro atoms. The molecule has 3 fully saturated rings. The summed E-state index contributed by atoms with van der Waals surface area (Å²) in [6.07, 6.45) is 10.2. The Morgan fingerprint density at radius 2 is 2.04 bits per heavy atom. The van der Waals surface area contributed by atoms with E-state index in [1.54, 1.807) is 0 Å². The first-order valence-electron chi connectivity index (χ1n) is 9.36. The molecule has 0 aromatic rings. The number of hydrogen-bond donors (Lipinski definition) is 2. The molecule has 3 heteroatoms. The molecule has 0 aliphatic heterocycles. The second kappa shape index (κ2) is 4.92. The quantitative estimate of drug-likeness (QED) is 0.769. The van der Waals surface area contributed by atoms with E-state index in [-0.39, 0.29) is 29.0 Å². The van der Waals surface area contributed by atoms with Crippen LogP contribution in [0.1, 0.15) is 58.8 Å². The van der Waals surface area contributed by atoms with Gasteiger partial charge in [0.25, 0.3) is 0 Å². The second-order valence-corrected chi connectivity index (χ2v) is 9.38. The fraction of sp³-hybridized carbons (Fsp3) is 0.850. The Balaban J connectivity index is 1.80. The number of carbonyl (C=O) groups excluding carboxylic acids is 1. The molecular formula is C20H30O3. The van der Waals surface area contributed by atoms with Crippen LogP contribution in [0.3, 0.4) is 0 Å². The molecule has 0 unspecified atom stereocenters. The predicted octanol–water partition coefficient (Wildman–Crippen LogP) is 3.10. The first-order chi connectivity index (χ1) is 10.9. The van der Waals surface area contributed by atoms with Crippen LogP contribution in [0.4, 0.5) is 0 Å². The van der Waals surface area contributed by atoms with Crippen LogP contribution in [0, 0.1) is 34.0 Å². The van der Waals surface area contributed by atoms with Crippen molar-refractivity contribution in [3.8, 4) is 0 Å². The summed E-state index contributed by atoms with van der Waals surface area (Å²) in [5, 5.41) is 21.2. The van der Waals surface area contributed by atoms with Crippen LogP contribution in [0.2, 0.25) is 0 Å². The van der Waals surface area contributed by atoms with E-state index in [1.165, 1.54) is 12.8 Å². The van der Waals surface area contributed by atoms with E-state index in [9.17, 15) is 15.0 Å². The van der Waals surface area contributed by atoms with Crippen LogP contribution < -0.4 is 0 Å². The fourth-order valence-electron chi connectivity index (χ4n) is 7.34. The summed E-state index contributed by atoms with van der Waals surface area (Å²) in [5.41, 5.74) is 0.865. The minimum atomic E-state index is -0.366. The van der Waals surface area contributed by atoms with Gasteiger partial charge in [-0.25, -0.2) is 0 Å². The zero-order valence-corrected chi connectivity index (χ0v) is 14.4. The van der Waals surface area contributed by atoms with Gasteiger partial charge in [-0.2, -0.15) is 0 Å². The lowest BCUT2D eigenvalue weighted by Crippen LogP contribution is -2.61. The van der Waals surface area contributed by atoms with Gasteiger partial charge in [0.05, 0.1) is 6.10 Å². The number of aliphatic hydroxyl groups is 2. The number of aliphatic hydroxyl groups excluding tert-OH is 2. The lowest BCUT2D eigenvalue weighted by molar-refractivity contribution is -0.193. The minimum absolute atomic E-state index is 0.0672. The molecular weight excluding hydrogens is 288 g/mol. The molecule has 4 aliphatic carbocycles. The SMILES string of the molecule is C[C@]1(CO)CCC[C@]2(C)[C@@H]1C[C@H](O)[C@@]13C=C(C=O)[C@H](CC[C@@H]21)C3. The fourth-order valence-corrected chi connectivity index (χ4v) is 7.34. The number of fused-ring (bicyclic) bond motifs is 3. The highest BCUT2D eigenvalue weighted by molar-refractivity contribution is 5.75. The topological polar surface area (TPSA) is 57.5 Å². The molecule has 128 valence electrons. The number of hydrogen-bond acceptors (Lipinski definition) is 3. The first kappa shape index (κ1) is 15.8. The Labute approximate surface area is 139 Å². The Morgan fingerprint density at radius 3 is 2.74 bits per heavy atom. The lowest BCUT2D eigenvalue weighted by Gasteiger charge is -2.65. The van der Waals surface area contributed by atoms with Crippen molar-refractivity contribution in [2.24, 2.45) is 34.0 Å². The second-order valence-electron chi connectivity index (χ2n) is 9.38. The molecule has 7 atom stereocenters. The monoisotopic (exact) mass is 318 g/mol. The van der Waals surface area contributed by atoms with Crippen molar-refractivity contribution < 1.29 is 15.0 Å². The zero-order chi connectivity index (χ0) is 16.5. The summed E-state index contributed by atoms with van der Waals surface area (Å²) in [6.45, 7) is 4.85. The highest BCUT2D eigenvalue weighted by atomic mass is 16.3. The average Bonchev–Trinajstić information content (AvgIpc) is 2.82. The minimum Gasteiger partial charge on any atom is -0.396 e. The molecule has 4 rings (SSSR count). The Kier molecular flexibility index (Phi) is 3.39. The third-order valence-corrected chi connectivity index (χ3v) is 8.43. The highest BCUT2D eigenvalue weighted by Gasteiger charge is 2.65. The third kappa shape index (κ3) is 1.87. The summed E-state index contributed by atoms with van der Waals surface area (Å²) in [7, 11) is 0. The van der Waals surface area contributed by atoms with Crippen molar-refractivity contribution in [2.75, 3.05) is 6.61 Å². The van der Waals surface area contributed by atoms with Gasteiger partial charge in [0, 0.05) is 12.0 Å². The van der Waals surface area contributed by atoms with E-state index >= 15 is 0 Å². The normalized spacial score (nSPS) is 54.9. The van der Waals surface area contributed by atoms with E-state index in [4.69, 9.17) is 0 Å². The number of carbonyl (C=O) groups is 1. The number of allylic oxidation sites excluding steroid dienone is 1. The van der Waals surface area contributed by atoms with Crippen LogP contribution >= 0.6 is 0 Å². The molecule has 23 heavy (non-hydrogen) atoms. The van der Waals surface area contributed by atoms with E-state index in [1.807, 2.05) is 0 Å². The molecule has 2 bridgehead atoms. The Hall–Kier alpha value is -0.670. The molecule has 3 saturated carbocycles. The maximum absolute atomic E-state index is 11.5. The molecule has 0 aromatic heterocycles. The highest BCUT2D eigenvalue weighted by Crippen LogP contribution is 2.70. The summed E-state index contributed by atoms with van der Waals surface area (Å²) in [6, 6.07) is 0. The smallest absolute Gasteiger partial charge is 0.146 e. The van der Waals surface area contributed by atoms with Crippen molar-refractivity contribution in [3.05, 3.63) is 11.6 Å². The van der Waals surface area contributed by atoms with E-state index < -0.39 is 0 Å². The van der Waals surface area contributed by atoms with Gasteiger partial charge in [0.15, 0.2) is 0 Å². The van der Waals surface area contributed by atoms with Crippen LogP contribution in [0.5, 0.6) is 0 Å². The first-order valence-corrected chi connectivity index (χ1v) is 9.36. The van der Waals surface area contributed by atoms with Gasteiger partial charge in [0.1, 0.15) is 6.29 Å². The van der Waals surface area contributed by atoms with Crippen molar-refractivity contribution >= 4 is 6.29 Å². The van der Waals surface area contributed by atoms with Crippen molar-refractivity contribution in [2.45, 2.75) is 64.9 Å². The molecule has 2 N–H and O–H groups in total. The maximum atomic E-state index is 11.5. The van der Waals surface area contributed by atoms with Crippen LogP contribution in [0.25, 0.3) is 0 Å². The van der Waals surface area contributed by atoms with Gasteiger partial charge in [-0.3, -0.25) is 4.79 Å². The van der Waals surface area contributed by atoms with E-state index in [2.05, 4.69) is 19.9 Å². The molecule has 0 radical (unpaired) electrons. The van der Waals surface area contributed by atoms with Gasteiger partial charge in [0.2, 0.25) is 0 Å². The predicted molar refractivity (Wildman–Crippen MR) is 88.7 cm³/mol. The van der Waals surface area contributed by atoms with Crippen LogP contribution in [-0.4, -0.2) is 29.2 Å². The number of aldehydes is 1. The largest absolute Gasteiger partial charge is 0.396 e. The third-order valence-electron chi connectivity index (χ3n) is 8.43. The molecule has 3 nitrogen and oxygen atoms in total. The van der Waals surface area contributed by atoms with E-state index in [0.29, 0.717) is 17.8 Å². The van der Waals surface area contributed by atoms with Crippen molar-refractivity contribution in [1.82, 2.24) is 0 Å². The molecule has 0 saturated heterocycles. The van der Waals surface area contributed by atoms with Gasteiger partial charge in [-0.15, -0.1) is 0 Å². The summed E-state index contributed by atoms with van der Waals surface area (Å²) >= 11 is 0. The summed E-state index contributed by atoms with van der Waals surface area (Å²) in [5.74, 6) is 1.19. The van der Waals surface area contributed by atoms with Crippen molar-refractivity contribution in [3.63, 3.8) is 0 Å². The molecule has 0 heterocycles.